The van der Waals surface area contributed by atoms with Gasteiger partial charge in [0.1, 0.15) is 11.9 Å². The van der Waals surface area contributed by atoms with Gasteiger partial charge in [-0.2, -0.15) is 0 Å². The minimum absolute atomic E-state index is 0.00635. The predicted molar refractivity (Wildman–Crippen MR) is 86.5 cm³/mol. The molecule has 3 rings (SSSR count). The van der Waals surface area contributed by atoms with Crippen molar-refractivity contribution in [3.05, 3.63) is 65.2 Å². The van der Waals surface area contributed by atoms with Crippen LogP contribution < -0.4 is 10.5 Å². The fourth-order valence-corrected chi connectivity index (χ4v) is 3.10. The first-order chi connectivity index (χ1) is 10.3. The van der Waals surface area contributed by atoms with Crippen LogP contribution in [0.5, 0.6) is 5.75 Å². The lowest BCUT2D eigenvalue weighted by Gasteiger charge is -2.24. The van der Waals surface area contributed by atoms with Crippen LogP contribution in [0.4, 0.5) is 0 Å². The molecule has 0 radical (unpaired) electrons. The Hall–Kier alpha value is -1.80. The Kier molecular flexibility index (Phi) is 4.26. The smallest absolute Gasteiger partial charge is 0.120 e. The number of ether oxygens (including phenoxy) is 1. The van der Waals surface area contributed by atoms with Crippen molar-refractivity contribution < 1.29 is 4.74 Å². The zero-order valence-corrected chi connectivity index (χ0v) is 12.6. The molecule has 2 heteroatoms. The largest absolute Gasteiger partial charge is 0.488 e. The maximum absolute atomic E-state index is 6.39. The highest BCUT2D eigenvalue weighted by Crippen LogP contribution is 2.28. The third kappa shape index (κ3) is 3.11. The van der Waals surface area contributed by atoms with Gasteiger partial charge in [0.2, 0.25) is 0 Å². The van der Waals surface area contributed by atoms with Crippen LogP contribution in [0, 0.1) is 0 Å². The van der Waals surface area contributed by atoms with E-state index in [0.29, 0.717) is 0 Å². The molecular formula is C19H23NO. The summed E-state index contributed by atoms with van der Waals surface area (Å²) in [7, 11) is 0. The van der Waals surface area contributed by atoms with Gasteiger partial charge in [0.15, 0.2) is 0 Å². The molecular weight excluding hydrogens is 258 g/mol. The summed E-state index contributed by atoms with van der Waals surface area (Å²) >= 11 is 0. The van der Waals surface area contributed by atoms with Crippen LogP contribution in [0.2, 0.25) is 0 Å². The van der Waals surface area contributed by atoms with Crippen LogP contribution in [0.25, 0.3) is 0 Å². The molecule has 0 saturated carbocycles. The van der Waals surface area contributed by atoms with Crippen molar-refractivity contribution in [2.75, 3.05) is 0 Å². The van der Waals surface area contributed by atoms with E-state index in [1.165, 1.54) is 30.4 Å². The van der Waals surface area contributed by atoms with Gasteiger partial charge < -0.3 is 10.5 Å². The highest BCUT2D eigenvalue weighted by atomic mass is 16.5. The van der Waals surface area contributed by atoms with Crippen molar-refractivity contribution in [2.45, 2.75) is 44.8 Å². The highest BCUT2D eigenvalue weighted by molar-refractivity contribution is 5.38. The second kappa shape index (κ2) is 6.31. The van der Waals surface area contributed by atoms with Crippen LogP contribution in [-0.4, -0.2) is 6.10 Å². The normalized spacial score (nSPS) is 16.3. The quantitative estimate of drug-likeness (QED) is 0.898. The van der Waals surface area contributed by atoms with Gasteiger partial charge in [-0.05, 0) is 54.5 Å². The second-order valence-electron chi connectivity index (χ2n) is 5.79. The molecule has 2 aromatic rings. The maximum atomic E-state index is 6.39. The van der Waals surface area contributed by atoms with Gasteiger partial charge >= 0.3 is 0 Å². The Morgan fingerprint density at radius 1 is 1.05 bits per heavy atom. The van der Waals surface area contributed by atoms with Gasteiger partial charge in [0.05, 0.1) is 6.04 Å². The van der Waals surface area contributed by atoms with Gasteiger partial charge in [0, 0.05) is 0 Å². The highest BCUT2D eigenvalue weighted by Gasteiger charge is 2.20. The lowest BCUT2D eigenvalue weighted by Crippen LogP contribution is -2.30. The molecule has 0 aromatic heterocycles. The summed E-state index contributed by atoms with van der Waals surface area (Å²) in [6, 6.07) is 16.6. The minimum Gasteiger partial charge on any atom is -0.488 e. The molecule has 2 N–H and O–H groups in total. The summed E-state index contributed by atoms with van der Waals surface area (Å²) in [6.45, 7) is 2.13. The van der Waals surface area contributed by atoms with Gasteiger partial charge in [0.25, 0.3) is 0 Å². The number of rotatable bonds is 5. The first kappa shape index (κ1) is 14.2. The first-order valence-corrected chi connectivity index (χ1v) is 7.87. The summed E-state index contributed by atoms with van der Waals surface area (Å²) in [5.41, 5.74) is 10.4. The molecule has 2 aromatic carbocycles. The molecule has 110 valence electrons. The van der Waals surface area contributed by atoms with E-state index in [9.17, 15) is 0 Å². The average molecular weight is 281 g/mol. The first-order valence-electron chi connectivity index (χ1n) is 7.87. The Morgan fingerprint density at radius 2 is 1.81 bits per heavy atom. The van der Waals surface area contributed by atoms with Crippen molar-refractivity contribution in [2.24, 2.45) is 5.73 Å². The van der Waals surface area contributed by atoms with Crippen LogP contribution >= 0.6 is 0 Å². The predicted octanol–water partition coefficient (Wildman–Crippen LogP) is 4.03. The van der Waals surface area contributed by atoms with Gasteiger partial charge in [-0.3, -0.25) is 0 Å². The van der Waals surface area contributed by atoms with Crippen molar-refractivity contribution in [3.63, 3.8) is 0 Å². The van der Waals surface area contributed by atoms with Gasteiger partial charge in [-0.1, -0.05) is 43.3 Å². The summed E-state index contributed by atoms with van der Waals surface area (Å²) in [5.74, 6) is 0.953. The summed E-state index contributed by atoms with van der Waals surface area (Å²) in [6.07, 6.45) is 4.55. The van der Waals surface area contributed by atoms with E-state index >= 15 is 0 Å². The van der Waals surface area contributed by atoms with E-state index in [1.54, 1.807) is 0 Å². The molecule has 0 fully saturated rings. The van der Waals surface area contributed by atoms with E-state index in [0.717, 1.165) is 17.7 Å². The van der Waals surface area contributed by atoms with Crippen LogP contribution in [0.15, 0.2) is 48.5 Å². The topological polar surface area (TPSA) is 35.2 Å². The fraction of sp³-hybridized carbons (Fsp3) is 0.368. The van der Waals surface area contributed by atoms with Crippen LogP contribution in [0.3, 0.4) is 0 Å². The molecule has 1 aliphatic carbocycles. The fourth-order valence-electron chi connectivity index (χ4n) is 3.10. The monoisotopic (exact) mass is 281 g/mol. The maximum Gasteiger partial charge on any atom is 0.120 e. The zero-order valence-electron chi connectivity index (χ0n) is 12.6. The molecule has 0 spiro atoms. The number of hydrogen-bond donors (Lipinski definition) is 1. The number of hydrogen-bond acceptors (Lipinski definition) is 2. The van der Waals surface area contributed by atoms with Crippen LogP contribution in [-0.2, 0) is 12.8 Å². The Morgan fingerprint density at radius 3 is 2.57 bits per heavy atom. The summed E-state index contributed by atoms with van der Waals surface area (Å²) in [4.78, 5) is 0. The number of nitrogens with two attached hydrogens (primary N) is 1. The van der Waals surface area contributed by atoms with Crippen molar-refractivity contribution >= 4 is 0 Å². The Labute approximate surface area is 126 Å². The lowest BCUT2D eigenvalue weighted by molar-refractivity contribution is 0.166. The van der Waals surface area contributed by atoms with E-state index in [1.807, 2.05) is 18.2 Å². The molecule has 0 aliphatic heterocycles. The second-order valence-corrected chi connectivity index (χ2v) is 5.79. The lowest BCUT2D eigenvalue weighted by atomic mass is 10.0. The number of benzene rings is 2. The minimum atomic E-state index is -0.0931. The molecule has 0 saturated heterocycles. The molecule has 0 heterocycles. The SMILES string of the molecule is CCC(Oc1ccc2c(c1)CCC2)C(N)c1ccccc1. The Bertz CT molecular complexity index is 594. The molecule has 2 unspecified atom stereocenters. The van der Waals surface area contributed by atoms with Gasteiger partial charge in [-0.25, -0.2) is 0 Å². The summed E-state index contributed by atoms with van der Waals surface area (Å²) in [5, 5.41) is 0. The number of fused-ring (bicyclic) bond motifs is 1. The summed E-state index contributed by atoms with van der Waals surface area (Å²) < 4.78 is 6.18. The number of aryl methyl sites for hydroxylation is 2. The van der Waals surface area contributed by atoms with Crippen molar-refractivity contribution in [1.29, 1.82) is 0 Å². The van der Waals surface area contributed by atoms with Crippen LogP contribution in [0.1, 0.15) is 42.5 Å². The van der Waals surface area contributed by atoms with Crippen molar-refractivity contribution in [1.82, 2.24) is 0 Å². The Balaban J connectivity index is 1.75. The molecule has 1 aliphatic rings. The van der Waals surface area contributed by atoms with E-state index in [-0.39, 0.29) is 12.1 Å². The van der Waals surface area contributed by atoms with E-state index in [2.05, 4.69) is 37.3 Å². The molecule has 0 bridgehead atoms. The third-order valence-corrected chi connectivity index (χ3v) is 4.34. The third-order valence-electron chi connectivity index (χ3n) is 4.34. The van der Waals surface area contributed by atoms with E-state index < -0.39 is 0 Å². The average Bonchev–Trinajstić information content (AvgIpc) is 3.00. The molecule has 0 amide bonds. The molecule has 2 atom stereocenters. The van der Waals surface area contributed by atoms with E-state index in [4.69, 9.17) is 10.5 Å². The standard InChI is InChI=1S/C19H23NO/c1-2-18(19(20)15-7-4-3-5-8-15)21-17-12-11-14-9-6-10-16(14)13-17/h3-5,7-8,11-13,18-19H,2,6,9-10,20H2,1H3. The molecule has 2 nitrogen and oxygen atoms in total. The zero-order chi connectivity index (χ0) is 14.7. The van der Waals surface area contributed by atoms with Gasteiger partial charge in [-0.15, -0.1) is 0 Å². The molecule has 21 heavy (non-hydrogen) atoms. The van der Waals surface area contributed by atoms with Crippen molar-refractivity contribution in [3.8, 4) is 5.75 Å².